The van der Waals surface area contributed by atoms with Crippen LogP contribution in [0.2, 0.25) is 0 Å². The average molecular weight is 226 g/mol. The molecule has 1 aromatic rings. The second-order valence-electron chi connectivity index (χ2n) is 3.05. The molecule has 0 atom stereocenters. The summed E-state index contributed by atoms with van der Waals surface area (Å²) in [6.45, 7) is 0.770. The number of benzene rings is 1. The minimum atomic E-state index is -0.364. The highest BCUT2D eigenvalue weighted by Crippen LogP contribution is 2.22. The number of nitrogens with zero attached hydrogens (tertiary/aromatic N) is 1. The molecule has 1 N–H and O–H groups in total. The van der Waals surface area contributed by atoms with Gasteiger partial charge in [0.1, 0.15) is 5.69 Å². The SMILES string of the molecule is CSCCCNc1ccccc1[N+](=O)[O-]. The van der Waals surface area contributed by atoms with Gasteiger partial charge >= 0.3 is 0 Å². The lowest BCUT2D eigenvalue weighted by atomic mass is 10.2. The molecule has 0 radical (unpaired) electrons. The first-order valence-corrected chi connectivity index (χ1v) is 6.11. The third-order valence-electron chi connectivity index (χ3n) is 1.94. The topological polar surface area (TPSA) is 55.2 Å². The molecule has 0 amide bonds. The summed E-state index contributed by atoms with van der Waals surface area (Å²) in [6.07, 6.45) is 3.05. The van der Waals surface area contributed by atoms with Crippen LogP contribution in [0.1, 0.15) is 6.42 Å². The van der Waals surface area contributed by atoms with E-state index in [2.05, 4.69) is 5.32 Å². The van der Waals surface area contributed by atoms with Crippen molar-refractivity contribution in [2.24, 2.45) is 0 Å². The van der Waals surface area contributed by atoms with Gasteiger partial charge in [0, 0.05) is 12.6 Å². The standard InChI is InChI=1S/C10H14N2O2S/c1-15-8-4-7-11-9-5-2-3-6-10(9)12(13)14/h2-3,5-6,11H,4,7-8H2,1H3. The molecule has 0 aromatic heterocycles. The molecule has 4 nitrogen and oxygen atoms in total. The van der Waals surface area contributed by atoms with Crippen LogP contribution in [0.5, 0.6) is 0 Å². The summed E-state index contributed by atoms with van der Waals surface area (Å²) in [5.41, 5.74) is 0.741. The Morgan fingerprint density at radius 3 is 2.87 bits per heavy atom. The van der Waals surface area contributed by atoms with Crippen molar-refractivity contribution in [1.29, 1.82) is 0 Å². The lowest BCUT2D eigenvalue weighted by Crippen LogP contribution is -2.04. The summed E-state index contributed by atoms with van der Waals surface area (Å²) in [7, 11) is 0. The number of nitro groups is 1. The Morgan fingerprint density at radius 2 is 2.20 bits per heavy atom. The van der Waals surface area contributed by atoms with E-state index in [4.69, 9.17) is 0 Å². The van der Waals surface area contributed by atoms with Gasteiger partial charge in [-0.25, -0.2) is 0 Å². The van der Waals surface area contributed by atoms with Crippen LogP contribution in [0, 0.1) is 10.1 Å². The van der Waals surface area contributed by atoms with E-state index in [-0.39, 0.29) is 10.6 Å². The van der Waals surface area contributed by atoms with E-state index >= 15 is 0 Å². The number of para-hydroxylation sites is 2. The summed E-state index contributed by atoms with van der Waals surface area (Å²) in [5, 5.41) is 13.7. The maximum Gasteiger partial charge on any atom is 0.292 e. The fourth-order valence-electron chi connectivity index (χ4n) is 1.22. The van der Waals surface area contributed by atoms with Crippen molar-refractivity contribution in [1.82, 2.24) is 0 Å². The maximum atomic E-state index is 10.7. The van der Waals surface area contributed by atoms with E-state index in [9.17, 15) is 10.1 Å². The number of hydrogen-bond acceptors (Lipinski definition) is 4. The van der Waals surface area contributed by atoms with Crippen molar-refractivity contribution < 1.29 is 4.92 Å². The van der Waals surface area contributed by atoms with Crippen LogP contribution in [0.25, 0.3) is 0 Å². The average Bonchev–Trinajstić information content (AvgIpc) is 2.25. The molecule has 0 fully saturated rings. The van der Waals surface area contributed by atoms with Crippen LogP contribution >= 0.6 is 11.8 Å². The van der Waals surface area contributed by atoms with Gasteiger partial charge in [0.25, 0.3) is 5.69 Å². The molecule has 15 heavy (non-hydrogen) atoms. The lowest BCUT2D eigenvalue weighted by Gasteiger charge is -2.05. The highest BCUT2D eigenvalue weighted by molar-refractivity contribution is 7.98. The number of hydrogen-bond donors (Lipinski definition) is 1. The minimum absolute atomic E-state index is 0.140. The summed E-state index contributed by atoms with van der Waals surface area (Å²) in [6, 6.07) is 6.71. The Morgan fingerprint density at radius 1 is 1.47 bits per heavy atom. The first-order chi connectivity index (χ1) is 7.25. The third kappa shape index (κ3) is 3.79. The van der Waals surface area contributed by atoms with Crippen LogP contribution < -0.4 is 5.32 Å². The highest BCUT2D eigenvalue weighted by atomic mass is 32.2. The van der Waals surface area contributed by atoms with E-state index in [0.29, 0.717) is 5.69 Å². The van der Waals surface area contributed by atoms with Crippen LogP contribution in [0.3, 0.4) is 0 Å². The summed E-state index contributed by atoms with van der Waals surface area (Å²) in [5.74, 6) is 1.06. The van der Waals surface area contributed by atoms with Gasteiger partial charge < -0.3 is 5.32 Å². The molecule has 0 unspecified atom stereocenters. The van der Waals surface area contributed by atoms with Gasteiger partial charge in [-0.05, 0) is 24.5 Å². The fourth-order valence-corrected chi connectivity index (χ4v) is 1.65. The molecule has 0 bridgehead atoms. The highest BCUT2D eigenvalue weighted by Gasteiger charge is 2.10. The minimum Gasteiger partial charge on any atom is -0.379 e. The summed E-state index contributed by atoms with van der Waals surface area (Å²) in [4.78, 5) is 10.3. The fraction of sp³-hybridized carbons (Fsp3) is 0.400. The quantitative estimate of drug-likeness (QED) is 0.460. The lowest BCUT2D eigenvalue weighted by molar-refractivity contribution is -0.384. The molecule has 0 heterocycles. The first kappa shape index (κ1) is 11.8. The van der Waals surface area contributed by atoms with E-state index in [1.54, 1.807) is 30.0 Å². The zero-order chi connectivity index (χ0) is 11.1. The molecule has 1 aromatic carbocycles. The monoisotopic (exact) mass is 226 g/mol. The molecule has 0 saturated carbocycles. The number of rotatable bonds is 6. The van der Waals surface area contributed by atoms with Gasteiger partial charge in [0.2, 0.25) is 0 Å². The van der Waals surface area contributed by atoms with E-state index in [1.165, 1.54) is 6.07 Å². The molecular formula is C10H14N2O2S. The zero-order valence-corrected chi connectivity index (χ0v) is 9.42. The van der Waals surface area contributed by atoms with Crippen molar-refractivity contribution in [2.75, 3.05) is 23.9 Å². The summed E-state index contributed by atoms with van der Waals surface area (Å²) < 4.78 is 0. The second kappa shape index (κ2) is 6.29. The van der Waals surface area contributed by atoms with Crippen molar-refractivity contribution in [3.05, 3.63) is 34.4 Å². The number of nitrogens with one attached hydrogen (secondary N) is 1. The smallest absolute Gasteiger partial charge is 0.292 e. The van der Waals surface area contributed by atoms with Crippen molar-refractivity contribution in [3.8, 4) is 0 Å². The molecule has 0 spiro atoms. The number of nitro benzene ring substituents is 1. The van der Waals surface area contributed by atoms with Crippen molar-refractivity contribution >= 4 is 23.1 Å². The van der Waals surface area contributed by atoms with Crippen LogP contribution in [-0.4, -0.2) is 23.5 Å². The Bertz CT molecular complexity index is 331. The van der Waals surface area contributed by atoms with Gasteiger partial charge in [0.05, 0.1) is 4.92 Å². The van der Waals surface area contributed by atoms with Gasteiger partial charge in [-0.15, -0.1) is 0 Å². The molecule has 82 valence electrons. The summed E-state index contributed by atoms with van der Waals surface area (Å²) >= 11 is 1.77. The molecule has 0 aliphatic rings. The molecular weight excluding hydrogens is 212 g/mol. The Hall–Kier alpha value is -1.23. The Balaban J connectivity index is 2.56. The van der Waals surface area contributed by atoms with Gasteiger partial charge in [0.15, 0.2) is 0 Å². The molecule has 5 heteroatoms. The zero-order valence-electron chi connectivity index (χ0n) is 8.60. The molecule has 0 saturated heterocycles. The predicted octanol–water partition coefficient (Wildman–Crippen LogP) is 2.76. The van der Waals surface area contributed by atoms with Crippen molar-refractivity contribution in [2.45, 2.75) is 6.42 Å². The van der Waals surface area contributed by atoms with E-state index in [0.717, 1.165) is 18.7 Å². The third-order valence-corrected chi connectivity index (χ3v) is 2.64. The van der Waals surface area contributed by atoms with Gasteiger partial charge in [-0.3, -0.25) is 10.1 Å². The Labute approximate surface area is 93.2 Å². The van der Waals surface area contributed by atoms with Gasteiger partial charge in [-0.2, -0.15) is 11.8 Å². The maximum absolute atomic E-state index is 10.7. The molecule has 0 aliphatic carbocycles. The van der Waals surface area contributed by atoms with Crippen LogP contribution in [0.15, 0.2) is 24.3 Å². The Kier molecular flexibility index (Phi) is 4.97. The predicted molar refractivity (Wildman–Crippen MR) is 64.6 cm³/mol. The van der Waals surface area contributed by atoms with E-state index < -0.39 is 0 Å². The van der Waals surface area contributed by atoms with Gasteiger partial charge in [-0.1, -0.05) is 12.1 Å². The molecule has 0 aliphatic heterocycles. The largest absolute Gasteiger partial charge is 0.379 e. The van der Waals surface area contributed by atoms with Crippen molar-refractivity contribution in [3.63, 3.8) is 0 Å². The van der Waals surface area contributed by atoms with Crippen LogP contribution in [-0.2, 0) is 0 Å². The second-order valence-corrected chi connectivity index (χ2v) is 4.03. The van der Waals surface area contributed by atoms with E-state index in [1.807, 2.05) is 6.26 Å². The molecule has 1 rings (SSSR count). The number of thioether (sulfide) groups is 1. The van der Waals surface area contributed by atoms with Crippen LogP contribution in [0.4, 0.5) is 11.4 Å². The number of anilines is 1. The first-order valence-electron chi connectivity index (χ1n) is 4.72. The normalized spacial score (nSPS) is 9.93.